The van der Waals surface area contributed by atoms with E-state index < -0.39 is 23.6 Å². The second-order valence-corrected chi connectivity index (χ2v) is 6.72. The normalized spacial score (nSPS) is 11.1. The average molecular weight is 434 g/mol. The molecule has 0 aliphatic heterocycles. The van der Waals surface area contributed by atoms with Crippen molar-refractivity contribution in [2.45, 2.75) is 12.6 Å². The molecule has 0 saturated carbocycles. The van der Waals surface area contributed by atoms with Crippen LogP contribution < -0.4 is 10.6 Å². The predicted molar refractivity (Wildman–Crippen MR) is 107 cm³/mol. The van der Waals surface area contributed by atoms with Crippen LogP contribution in [0.4, 0.5) is 24.7 Å². The maximum Gasteiger partial charge on any atom is 0.416 e. The quantitative estimate of drug-likeness (QED) is 0.582. The summed E-state index contributed by atoms with van der Waals surface area (Å²) in [6.07, 6.45) is -3.20. The molecule has 0 saturated heterocycles. The standard InChI is InChI=1S/C21H15ClF3N3O2/c22-15-9-10-18(26-12-15)28-20(30)16-3-1-2-4-17(16)27-19(29)11-13-5-7-14(8-6-13)21(23,24)25/h1-10,12H,11H2,(H,27,29)(H,26,28,30). The summed E-state index contributed by atoms with van der Waals surface area (Å²) in [6.45, 7) is 0. The minimum Gasteiger partial charge on any atom is -0.325 e. The van der Waals surface area contributed by atoms with Crippen molar-refractivity contribution in [1.29, 1.82) is 0 Å². The monoisotopic (exact) mass is 433 g/mol. The first-order chi connectivity index (χ1) is 14.2. The van der Waals surface area contributed by atoms with Gasteiger partial charge in [-0.2, -0.15) is 13.2 Å². The van der Waals surface area contributed by atoms with Crippen molar-refractivity contribution in [3.05, 3.63) is 88.6 Å². The van der Waals surface area contributed by atoms with Crippen molar-refractivity contribution in [3.63, 3.8) is 0 Å². The Balaban J connectivity index is 1.68. The van der Waals surface area contributed by atoms with Gasteiger partial charge >= 0.3 is 6.18 Å². The zero-order valence-electron chi connectivity index (χ0n) is 15.3. The molecule has 2 amide bonds. The van der Waals surface area contributed by atoms with Crippen LogP contribution in [0.1, 0.15) is 21.5 Å². The van der Waals surface area contributed by atoms with Gasteiger partial charge in [0.15, 0.2) is 0 Å². The molecule has 0 bridgehead atoms. The highest BCUT2D eigenvalue weighted by atomic mass is 35.5. The predicted octanol–water partition coefficient (Wildman–Crippen LogP) is 5.19. The summed E-state index contributed by atoms with van der Waals surface area (Å²) in [5.41, 5.74) is 0.0909. The van der Waals surface area contributed by atoms with Gasteiger partial charge in [0.05, 0.1) is 28.3 Å². The summed E-state index contributed by atoms with van der Waals surface area (Å²) in [5.74, 6) is -0.676. The summed E-state index contributed by atoms with van der Waals surface area (Å²) in [6, 6.07) is 13.8. The summed E-state index contributed by atoms with van der Waals surface area (Å²) < 4.78 is 37.9. The molecule has 30 heavy (non-hydrogen) atoms. The summed E-state index contributed by atoms with van der Waals surface area (Å²) in [4.78, 5) is 28.9. The Hall–Kier alpha value is -3.39. The van der Waals surface area contributed by atoms with Crippen molar-refractivity contribution in [1.82, 2.24) is 4.98 Å². The van der Waals surface area contributed by atoms with E-state index in [0.717, 1.165) is 12.1 Å². The highest BCUT2D eigenvalue weighted by Gasteiger charge is 2.30. The molecule has 0 aliphatic carbocycles. The van der Waals surface area contributed by atoms with E-state index in [1.165, 1.54) is 30.5 Å². The third kappa shape index (κ3) is 5.57. The zero-order valence-corrected chi connectivity index (χ0v) is 16.1. The number of pyridine rings is 1. The molecule has 1 aromatic heterocycles. The van der Waals surface area contributed by atoms with E-state index in [4.69, 9.17) is 11.6 Å². The molecule has 2 aromatic carbocycles. The molecular weight excluding hydrogens is 419 g/mol. The van der Waals surface area contributed by atoms with Crippen LogP contribution in [0.2, 0.25) is 5.02 Å². The molecular formula is C21H15ClF3N3O2. The van der Waals surface area contributed by atoms with Crippen LogP contribution in [0.5, 0.6) is 0 Å². The Bertz CT molecular complexity index is 1050. The number of alkyl halides is 3. The number of nitrogens with one attached hydrogen (secondary N) is 2. The molecule has 0 unspecified atom stereocenters. The Kier molecular flexibility index (Phi) is 6.37. The van der Waals surface area contributed by atoms with E-state index in [1.54, 1.807) is 24.3 Å². The van der Waals surface area contributed by atoms with E-state index in [2.05, 4.69) is 15.6 Å². The number of amides is 2. The molecule has 9 heteroatoms. The number of halogens is 4. The molecule has 154 valence electrons. The molecule has 0 aliphatic rings. The Morgan fingerprint density at radius 2 is 1.63 bits per heavy atom. The fourth-order valence-electron chi connectivity index (χ4n) is 2.61. The van der Waals surface area contributed by atoms with Gasteiger partial charge in [0.1, 0.15) is 5.82 Å². The second kappa shape index (κ2) is 8.96. The Labute approximate surface area is 174 Å². The molecule has 3 rings (SSSR count). The molecule has 0 spiro atoms. The molecule has 3 aromatic rings. The number of nitrogens with zero attached hydrogens (tertiary/aromatic N) is 1. The smallest absolute Gasteiger partial charge is 0.325 e. The first-order valence-corrected chi connectivity index (χ1v) is 9.08. The maximum absolute atomic E-state index is 12.6. The molecule has 5 nitrogen and oxygen atoms in total. The van der Waals surface area contributed by atoms with E-state index in [-0.39, 0.29) is 23.5 Å². The lowest BCUT2D eigenvalue weighted by Gasteiger charge is -2.12. The number of aromatic nitrogens is 1. The summed E-state index contributed by atoms with van der Waals surface area (Å²) in [5, 5.41) is 5.64. The van der Waals surface area contributed by atoms with Gasteiger partial charge in [0.2, 0.25) is 5.91 Å². The fraction of sp³-hybridized carbons (Fsp3) is 0.0952. The lowest BCUT2D eigenvalue weighted by atomic mass is 10.1. The Morgan fingerprint density at radius 3 is 2.27 bits per heavy atom. The van der Waals surface area contributed by atoms with Crippen LogP contribution in [0.15, 0.2) is 66.9 Å². The number of para-hydroxylation sites is 1. The fourth-order valence-corrected chi connectivity index (χ4v) is 2.73. The van der Waals surface area contributed by atoms with E-state index in [9.17, 15) is 22.8 Å². The Morgan fingerprint density at radius 1 is 0.933 bits per heavy atom. The zero-order chi connectivity index (χ0) is 21.7. The molecule has 2 N–H and O–H groups in total. The van der Waals surface area contributed by atoms with Gasteiger partial charge in [0.25, 0.3) is 5.91 Å². The number of carbonyl (C=O) groups is 2. The van der Waals surface area contributed by atoms with Crippen LogP contribution in [-0.2, 0) is 17.4 Å². The third-order valence-corrected chi connectivity index (χ3v) is 4.28. The maximum atomic E-state index is 12.6. The first-order valence-electron chi connectivity index (χ1n) is 8.70. The van der Waals surface area contributed by atoms with Gasteiger partial charge in [-0.05, 0) is 42.0 Å². The van der Waals surface area contributed by atoms with Crippen LogP contribution in [0.25, 0.3) is 0 Å². The second-order valence-electron chi connectivity index (χ2n) is 6.28. The van der Waals surface area contributed by atoms with E-state index >= 15 is 0 Å². The number of rotatable bonds is 5. The number of hydrogen-bond acceptors (Lipinski definition) is 3. The topological polar surface area (TPSA) is 71.1 Å². The van der Waals surface area contributed by atoms with Gasteiger partial charge in [-0.3, -0.25) is 9.59 Å². The number of benzene rings is 2. The van der Waals surface area contributed by atoms with Crippen molar-refractivity contribution in [2.75, 3.05) is 10.6 Å². The van der Waals surface area contributed by atoms with Gasteiger partial charge in [-0.25, -0.2) is 4.98 Å². The van der Waals surface area contributed by atoms with Crippen LogP contribution in [-0.4, -0.2) is 16.8 Å². The van der Waals surface area contributed by atoms with Crippen molar-refractivity contribution < 1.29 is 22.8 Å². The summed E-state index contributed by atoms with van der Waals surface area (Å²) in [7, 11) is 0. The van der Waals surface area contributed by atoms with Gasteiger partial charge < -0.3 is 10.6 Å². The minimum absolute atomic E-state index is 0.146. The molecule has 0 fully saturated rings. The van der Waals surface area contributed by atoms with Crippen LogP contribution in [0, 0.1) is 0 Å². The minimum atomic E-state index is -4.44. The van der Waals surface area contributed by atoms with Crippen LogP contribution in [0.3, 0.4) is 0 Å². The number of hydrogen-bond donors (Lipinski definition) is 2. The summed E-state index contributed by atoms with van der Waals surface area (Å²) >= 11 is 5.77. The first kappa shape index (κ1) is 21.3. The van der Waals surface area contributed by atoms with Crippen molar-refractivity contribution in [3.8, 4) is 0 Å². The number of carbonyl (C=O) groups excluding carboxylic acids is 2. The van der Waals surface area contributed by atoms with Gasteiger partial charge in [-0.1, -0.05) is 35.9 Å². The lowest BCUT2D eigenvalue weighted by Crippen LogP contribution is -2.19. The SMILES string of the molecule is O=C(Cc1ccc(C(F)(F)F)cc1)Nc1ccccc1C(=O)Nc1ccc(Cl)cn1. The molecule has 0 radical (unpaired) electrons. The molecule has 1 heterocycles. The molecule has 0 atom stereocenters. The average Bonchev–Trinajstić information content (AvgIpc) is 2.70. The van der Waals surface area contributed by atoms with Gasteiger partial charge in [-0.15, -0.1) is 0 Å². The van der Waals surface area contributed by atoms with Crippen molar-refractivity contribution >= 4 is 34.9 Å². The highest BCUT2D eigenvalue weighted by Crippen LogP contribution is 2.29. The highest BCUT2D eigenvalue weighted by molar-refractivity contribution is 6.30. The third-order valence-electron chi connectivity index (χ3n) is 4.06. The largest absolute Gasteiger partial charge is 0.416 e. The lowest BCUT2D eigenvalue weighted by molar-refractivity contribution is -0.137. The van der Waals surface area contributed by atoms with Crippen LogP contribution >= 0.6 is 11.6 Å². The van der Waals surface area contributed by atoms with Gasteiger partial charge in [0, 0.05) is 6.20 Å². The number of anilines is 2. The van der Waals surface area contributed by atoms with E-state index in [0.29, 0.717) is 10.6 Å². The van der Waals surface area contributed by atoms with E-state index in [1.807, 2.05) is 0 Å². The van der Waals surface area contributed by atoms with Crippen molar-refractivity contribution in [2.24, 2.45) is 0 Å².